The molecule has 19 heavy (non-hydrogen) atoms. The Balaban J connectivity index is 2.29. The molecule has 1 atom stereocenters. The Morgan fingerprint density at radius 2 is 2.11 bits per heavy atom. The lowest BCUT2D eigenvalue weighted by Crippen LogP contribution is -2.31. The van der Waals surface area contributed by atoms with Crippen molar-refractivity contribution in [3.63, 3.8) is 0 Å². The molecule has 0 bridgehead atoms. The lowest BCUT2D eigenvalue weighted by atomic mass is 9.88. The van der Waals surface area contributed by atoms with Crippen molar-refractivity contribution in [3.8, 4) is 5.75 Å². The van der Waals surface area contributed by atoms with Crippen LogP contribution in [0.3, 0.4) is 0 Å². The van der Waals surface area contributed by atoms with Gasteiger partial charge in [-0.05, 0) is 44.4 Å². The van der Waals surface area contributed by atoms with Crippen LogP contribution < -0.4 is 10.5 Å². The molecule has 1 saturated carbocycles. The Hall–Kier alpha value is -1.19. The second kappa shape index (κ2) is 4.15. The molecule has 4 heteroatoms. The summed E-state index contributed by atoms with van der Waals surface area (Å²) in [6.07, 6.45) is 2.16. The van der Waals surface area contributed by atoms with Crippen LogP contribution in [-0.4, -0.2) is 13.2 Å². The molecule has 1 aliphatic carbocycles. The topological polar surface area (TPSA) is 48.4 Å². The van der Waals surface area contributed by atoms with E-state index in [0.717, 1.165) is 40.3 Å². The van der Waals surface area contributed by atoms with Crippen molar-refractivity contribution in [1.29, 1.82) is 0 Å². The molecule has 1 aliphatic rings. The minimum absolute atomic E-state index is 0.00370. The first kappa shape index (κ1) is 12.8. The molecule has 0 radical (unpaired) electrons. The first-order chi connectivity index (χ1) is 8.99. The van der Waals surface area contributed by atoms with Crippen molar-refractivity contribution in [2.45, 2.75) is 38.1 Å². The minimum Gasteiger partial charge on any atom is -0.493 e. The molecule has 0 aliphatic heterocycles. The summed E-state index contributed by atoms with van der Waals surface area (Å²) in [6, 6.07) is 4.03. The van der Waals surface area contributed by atoms with Crippen LogP contribution in [0.1, 0.15) is 31.1 Å². The molecular weight excluding hydrogens is 262 g/mol. The van der Waals surface area contributed by atoms with Gasteiger partial charge in [0.25, 0.3) is 0 Å². The average molecular weight is 280 g/mol. The first-order valence-corrected chi connectivity index (χ1v) is 6.90. The number of aryl methyl sites for hydroxylation is 1. The Morgan fingerprint density at radius 3 is 2.63 bits per heavy atom. The molecule has 1 aromatic heterocycles. The van der Waals surface area contributed by atoms with E-state index in [-0.39, 0.29) is 11.5 Å². The lowest BCUT2D eigenvalue weighted by molar-refractivity contribution is 0.407. The maximum Gasteiger partial charge on any atom is 0.177 e. The second-order valence-corrected chi connectivity index (χ2v) is 5.86. The Labute approximate surface area is 117 Å². The molecule has 2 N–H and O–H groups in total. The Morgan fingerprint density at radius 1 is 1.42 bits per heavy atom. The third kappa shape index (κ3) is 1.76. The molecular formula is C15H18ClNO2. The summed E-state index contributed by atoms with van der Waals surface area (Å²) in [7, 11) is 1.65. The van der Waals surface area contributed by atoms with Crippen LogP contribution in [0, 0.1) is 6.92 Å². The fourth-order valence-electron chi connectivity index (χ4n) is 2.88. The molecule has 102 valence electrons. The normalized spacial score (nSPS) is 18.6. The van der Waals surface area contributed by atoms with Gasteiger partial charge in [0.1, 0.15) is 5.76 Å². The third-order valence-corrected chi connectivity index (χ3v) is 4.65. The first-order valence-electron chi connectivity index (χ1n) is 6.52. The number of fused-ring (bicyclic) bond motifs is 1. The van der Waals surface area contributed by atoms with Crippen molar-refractivity contribution in [2.75, 3.05) is 7.11 Å². The maximum atomic E-state index is 6.58. The zero-order chi connectivity index (χ0) is 13.8. The van der Waals surface area contributed by atoms with Gasteiger partial charge in [-0.3, -0.25) is 0 Å². The van der Waals surface area contributed by atoms with Gasteiger partial charge < -0.3 is 14.9 Å². The summed E-state index contributed by atoms with van der Waals surface area (Å²) in [5, 5.41) is 1.67. The van der Waals surface area contributed by atoms with E-state index in [2.05, 4.69) is 0 Å². The number of hydrogen-bond acceptors (Lipinski definition) is 3. The number of furan rings is 1. The highest BCUT2D eigenvalue weighted by Crippen LogP contribution is 2.55. The number of hydrogen-bond donors (Lipinski definition) is 1. The quantitative estimate of drug-likeness (QED) is 0.930. The summed E-state index contributed by atoms with van der Waals surface area (Å²) >= 11 is 6.58. The second-order valence-electron chi connectivity index (χ2n) is 5.49. The van der Waals surface area contributed by atoms with Crippen LogP contribution in [-0.2, 0) is 5.41 Å². The molecule has 3 nitrogen and oxygen atoms in total. The zero-order valence-corrected chi connectivity index (χ0v) is 12.2. The highest BCUT2D eigenvalue weighted by molar-refractivity contribution is 6.36. The van der Waals surface area contributed by atoms with Crippen LogP contribution in [0.5, 0.6) is 5.75 Å². The molecule has 1 fully saturated rings. The van der Waals surface area contributed by atoms with E-state index in [1.54, 1.807) is 7.11 Å². The molecule has 3 rings (SSSR count). The third-order valence-electron chi connectivity index (χ3n) is 4.24. The van der Waals surface area contributed by atoms with Crippen molar-refractivity contribution in [1.82, 2.24) is 0 Å². The summed E-state index contributed by atoms with van der Waals surface area (Å²) < 4.78 is 11.1. The van der Waals surface area contributed by atoms with Gasteiger partial charge in [0.05, 0.1) is 12.1 Å². The molecule has 1 heterocycles. The molecule has 0 spiro atoms. The zero-order valence-electron chi connectivity index (χ0n) is 11.4. The van der Waals surface area contributed by atoms with Crippen molar-refractivity contribution >= 4 is 22.6 Å². The van der Waals surface area contributed by atoms with Crippen LogP contribution >= 0.6 is 11.6 Å². The van der Waals surface area contributed by atoms with E-state index < -0.39 is 0 Å². The van der Waals surface area contributed by atoms with Crippen molar-refractivity contribution in [3.05, 3.63) is 28.5 Å². The predicted octanol–water partition coefficient (Wildman–Crippen LogP) is 3.78. The van der Waals surface area contributed by atoms with Gasteiger partial charge in [0.2, 0.25) is 0 Å². The monoisotopic (exact) mass is 279 g/mol. The van der Waals surface area contributed by atoms with E-state index in [1.165, 1.54) is 0 Å². The van der Waals surface area contributed by atoms with Crippen LogP contribution in [0.15, 0.2) is 16.5 Å². The van der Waals surface area contributed by atoms with Crippen molar-refractivity contribution in [2.24, 2.45) is 5.73 Å². The molecule has 0 saturated heterocycles. The molecule has 1 unspecified atom stereocenters. The van der Waals surface area contributed by atoms with Gasteiger partial charge in [-0.2, -0.15) is 0 Å². The Kier molecular flexibility index (Phi) is 2.80. The Bertz CT molecular complexity index is 641. The van der Waals surface area contributed by atoms with Gasteiger partial charge in [-0.25, -0.2) is 0 Å². The number of ether oxygens (including phenoxy) is 1. The number of methoxy groups -OCH3 is 1. The van der Waals surface area contributed by atoms with Gasteiger partial charge in [-0.15, -0.1) is 0 Å². The van der Waals surface area contributed by atoms with Gasteiger partial charge in [-0.1, -0.05) is 11.6 Å². The largest absolute Gasteiger partial charge is 0.493 e. The summed E-state index contributed by atoms with van der Waals surface area (Å²) in [5.41, 5.74) is 7.96. The summed E-state index contributed by atoms with van der Waals surface area (Å²) in [4.78, 5) is 0. The van der Waals surface area contributed by atoms with E-state index in [4.69, 9.17) is 26.5 Å². The number of rotatable bonds is 3. The highest BCUT2D eigenvalue weighted by atomic mass is 35.5. The lowest BCUT2D eigenvalue weighted by Gasteiger charge is -2.22. The van der Waals surface area contributed by atoms with Gasteiger partial charge >= 0.3 is 0 Å². The molecule has 1 aromatic carbocycles. The van der Waals surface area contributed by atoms with E-state index >= 15 is 0 Å². The van der Waals surface area contributed by atoms with Gasteiger partial charge in [0.15, 0.2) is 11.3 Å². The summed E-state index contributed by atoms with van der Waals surface area (Å²) in [6.45, 7) is 3.95. The SMILES string of the molecule is COc1cc(C2(C(C)N)CC2)c(Cl)c2cc(C)oc12. The summed E-state index contributed by atoms with van der Waals surface area (Å²) in [5.74, 6) is 1.56. The maximum absolute atomic E-state index is 6.58. The fourth-order valence-corrected chi connectivity index (χ4v) is 3.27. The average Bonchev–Trinajstić information content (AvgIpc) is 3.07. The van der Waals surface area contributed by atoms with E-state index in [9.17, 15) is 0 Å². The van der Waals surface area contributed by atoms with Crippen LogP contribution in [0.4, 0.5) is 0 Å². The van der Waals surface area contributed by atoms with Crippen molar-refractivity contribution < 1.29 is 9.15 Å². The number of benzene rings is 1. The molecule has 2 aromatic rings. The van der Waals surface area contributed by atoms with E-state index in [0.29, 0.717) is 5.58 Å². The number of nitrogens with two attached hydrogens (primary N) is 1. The standard InChI is InChI=1S/C15H18ClNO2/c1-8-6-10-13(16)11(15(4-5-15)9(2)17)7-12(18-3)14(10)19-8/h6-7,9H,4-5,17H2,1-3H3. The van der Waals surface area contributed by atoms with Crippen LogP contribution in [0.2, 0.25) is 5.02 Å². The fraction of sp³-hybridized carbons (Fsp3) is 0.467. The minimum atomic E-state index is 0.00370. The highest BCUT2D eigenvalue weighted by Gasteiger charge is 2.49. The molecule has 0 amide bonds. The smallest absolute Gasteiger partial charge is 0.177 e. The van der Waals surface area contributed by atoms with E-state index in [1.807, 2.05) is 26.0 Å². The predicted molar refractivity (Wildman–Crippen MR) is 77.1 cm³/mol. The van der Waals surface area contributed by atoms with Gasteiger partial charge in [0, 0.05) is 16.8 Å². The van der Waals surface area contributed by atoms with Crippen LogP contribution in [0.25, 0.3) is 11.0 Å². The number of halogens is 1.